The summed E-state index contributed by atoms with van der Waals surface area (Å²) in [6.45, 7) is 0.262. The van der Waals surface area contributed by atoms with Crippen LogP contribution in [0.1, 0.15) is 5.82 Å². The molecule has 0 spiro atoms. The van der Waals surface area contributed by atoms with Gasteiger partial charge in [-0.15, -0.1) is 5.10 Å². The average molecular weight is 294 g/mol. The van der Waals surface area contributed by atoms with E-state index >= 15 is 0 Å². The van der Waals surface area contributed by atoms with Crippen LogP contribution in [0.2, 0.25) is 10.0 Å². The molecule has 0 radical (unpaired) electrons. The SMILES string of the molecule is Clc1cccc(OCc2nc3c(Cl)cccn3n2)c1. The summed E-state index contributed by atoms with van der Waals surface area (Å²) in [5, 5.41) is 5.46. The van der Waals surface area contributed by atoms with E-state index in [1.807, 2.05) is 18.2 Å². The van der Waals surface area contributed by atoms with Crippen molar-refractivity contribution in [1.29, 1.82) is 0 Å². The molecule has 0 aliphatic rings. The Morgan fingerprint density at radius 1 is 1.16 bits per heavy atom. The van der Waals surface area contributed by atoms with Gasteiger partial charge in [0.25, 0.3) is 0 Å². The van der Waals surface area contributed by atoms with Gasteiger partial charge in [-0.2, -0.15) is 0 Å². The molecule has 0 aliphatic carbocycles. The number of aromatic nitrogens is 3. The average Bonchev–Trinajstić information content (AvgIpc) is 2.81. The molecule has 0 fully saturated rings. The fraction of sp³-hybridized carbons (Fsp3) is 0.0769. The Balaban J connectivity index is 1.80. The lowest BCUT2D eigenvalue weighted by Crippen LogP contribution is -1.98. The van der Waals surface area contributed by atoms with Crippen LogP contribution in [-0.2, 0) is 6.61 Å². The van der Waals surface area contributed by atoms with Crippen molar-refractivity contribution in [3.63, 3.8) is 0 Å². The monoisotopic (exact) mass is 293 g/mol. The third-order valence-corrected chi connectivity index (χ3v) is 3.05. The Morgan fingerprint density at radius 3 is 2.84 bits per heavy atom. The van der Waals surface area contributed by atoms with E-state index in [9.17, 15) is 0 Å². The van der Waals surface area contributed by atoms with Crippen LogP contribution in [-0.4, -0.2) is 14.6 Å². The quantitative estimate of drug-likeness (QED) is 0.740. The number of hydrogen-bond donors (Lipinski definition) is 0. The van der Waals surface area contributed by atoms with Gasteiger partial charge in [0, 0.05) is 11.2 Å². The van der Waals surface area contributed by atoms with Crippen molar-refractivity contribution in [1.82, 2.24) is 14.6 Å². The molecule has 0 amide bonds. The topological polar surface area (TPSA) is 39.4 Å². The Labute approximate surface area is 119 Å². The van der Waals surface area contributed by atoms with Crippen molar-refractivity contribution in [2.24, 2.45) is 0 Å². The molecule has 6 heteroatoms. The minimum Gasteiger partial charge on any atom is -0.485 e. The van der Waals surface area contributed by atoms with Gasteiger partial charge in [-0.3, -0.25) is 0 Å². The Bertz CT molecular complexity index is 727. The van der Waals surface area contributed by atoms with Crippen LogP contribution in [0.4, 0.5) is 0 Å². The summed E-state index contributed by atoms with van der Waals surface area (Å²) in [6, 6.07) is 10.8. The van der Waals surface area contributed by atoms with E-state index in [4.69, 9.17) is 27.9 Å². The zero-order valence-electron chi connectivity index (χ0n) is 9.75. The van der Waals surface area contributed by atoms with Gasteiger partial charge < -0.3 is 4.74 Å². The molecule has 0 saturated heterocycles. The van der Waals surface area contributed by atoms with Crippen LogP contribution in [0.5, 0.6) is 5.75 Å². The molecule has 0 bridgehead atoms. The van der Waals surface area contributed by atoms with Gasteiger partial charge >= 0.3 is 0 Å². The zero-order chi connectivity index (χ0) is 13.2. The van der Waals surface area contributed by atoms with Crippen molar-refractivity contribution in [3.8, 4) is 5.75 Å². The zero-order valence-corrected chi connectivity index (χ0v) is 11.3. The maximum absolute atomic E-state index is 6.03. The summed E-state index contributed by atoms with van der Waals surface area (Å²) >= 11 is 11.9. The highest BCUT2D eigenvalue weighted by molar-refractivity contribution is 6.33. The highest BCUT2D eigenvalue weighted by atomic mass is 35.5. The lowest BCUT2D eigenvalue weighted by molar-refractivity contribution is 0.296. The van der Waals surface area contributed by atoms with Crippen LogP contribution < -0.4 is 4.74 Å². The van der Waals surface area contributed by atoms with Gasteiger partial charge in [0.05, 0.1) is 5.02 Å². The second-order valence-corrected chi connectivity index (χ2v) is 4.74. The molecule has 0 saturated carbocycles. The first-order valence-electron chi connectivity index (χ1n) is 5.60. The summed E-state index contributed by atoms with van der Waals surface area (Å²) in [6.07, 6.45) is 1.79. The highest BCUT2D eigenvalue weighted by Gasteiger charge is 2.07. The predicted molar refractivity (Wildman–Crippen MR) is 73.8 cm³/mol. The minimum atomic E-state index is 0.262. The molecule has 3 aromatic rings. The number of pyridine rings is 1. The smallest absolute Gasteiger partial charge is 0.189 e. The van der Waals surface area contributed by atoms with Crippen LogP contribution in [0.15, 0.2) is 42.6 Å². The second-order valence-electron chi connectivity index (χ2n) is 3.90. The Hall–Kier alpha value is -1.78. The number of hydrogen-bond acceptors (Lipinski definition) is 3. The molecule has 0 N–H and O–H groups in total. The molecule has 96 valence electrons. The summed E-state index contributed by atoms with van der Waals surface area (Å²) in [5.74, 6) is 1.24. The van der Waals surface area contributed by atoms with Crippen molar-refractivity contribution in [2.45, 2.75) is 6.61 Å². The van der Waals surface area contributed by atoms with Crippen LogP contribution in [0.3, 0.4) is 0 Å². The van der Waals surface area contributed by atoms with Crippen LogP contribution in [0.25, 0.3) is 5.65 Å². The standard InChI is InChI=1S/C13H9Cl2N3O/c14-9-3-1-4-10(7-9)19-8-12-16-13-11(15)5-2-6-18(13)17-12/h1-7H,8H2. The second kappa shape index (κ2) is 5.07. The van der Waals surface area contributed by atoms with E-state index in [-0.39, 0.29) is 6.61 Å². The molecule has 2 aromatic heterocycles. The van der Waals surface area contributed by atoms with Gasteiger partial charge in [-0.1, -0.05) is 29.3 Å². The van der Waals surface area contributed by atoms with Crippen LogP contribution >= 0.6 is 23.2 Å². The van der Waals surface area contributed by atoms with E-state index in [0.717, 1.165) is 0 Å². The normalized spacial score (nSPS) is 10.8. The number of fused-ring (bicyclic) bond motifs is 1. The lowest BCUT2D eigenvalue weighted by atomic mass is 10.3. The maximum Gasteiger partial charge on any atom is 0.189 e. The third kappa shape index (κ3) is 2.64. The van der Waals surface area contributed by atoms with Gasteiger partial charge in [0.15, 0.2) is 11.5 Å². The number of nitrogens with zero attached hydrogens (tertiary/aromatic N) is 3. The molecule has 3 rings (SSSR count). The van der Waals surface area contributed by atoms with Crippen molar-refractivity contribution in [2.75, 3.05) is 0 Å². The number of benzene rings is 1. The number of rotatable bonds is 3. The van der Waals surface area contributed by atoms with E-state index in [2.05, 4.69) is 10.1 Å². The summed E-state index contributed by atoms with van der Waals surface area (Å²) in [5.41, 5.74) is 0.619. The molecule has 0 unspecified atom stereocenters. The minimum absolute atomic E-state index is 0.262. The van der Waals surface area contributed by atoms with E-state index < -0.39 is 0 Å². The van der Waals surface area contributed by atoms with Crippen molar-refractivity contribution < 1.29 is 4.74 Å². The van der Waals surface area contributed by atoms with Crippen molar-refractivity contribution in [3.05, 3.63) is 58.5 Å². The summed E-state index contributed by atoms with van der Waals surface area (Å²) in [7, 11) is 0. The first-order valence-corrected chi connectivity index (χ1v) is 6.36. The van der Waals surface area contributed by atoms with E-state index in [1.54, 1.807) is 28.9 Å². The largest absolute Gasteiger partial charge is 0.485 e. The summed E-state index contributed by atoms with van der Waals surface area (Å²) < 4.78 is 7.20. The number of ether oxygens (including phenoxy) is 1. The van der Waals surface area contributed by atoms with Gasteiger partial charge in [0.2, 0.25) is 0 Å². The molecule has 2 heterocycles. The first-order chi connectivity index (χ1) is 9.22. The molecular formula is C13H9Cl2N3O. The Morgan fingerprint density at radius 2 is 2.05 bits per heavy atom. The third-order valence-electron chi connectivity index (χ3n) is 2.52. The highest BCUT2D eigenvalue weighted by Crippen LogP contribution is 2.19. The molecule has 0 aliphatic heterocycles. The molecule has 0 atom stereocenters. The van der Waals surface area contributed by atoms with Gasteiger partial charge in [0.1, 0.15) is 12.4 Å². The van der Waals surface area contributed by atoms with Gasteiger partial charge in [-0.25, -0.2) is 9.50 Å². The first kappa shape index (κ1) is 12.3. The summed E-state index contributed by atoms with van der Waals surface area (Å²) in [4.78, 5) is 4.31. The lowest BCUT2D eigenvalue weighted by Gasteiger charge is -2.02. The molecule has 19 heavy (non-hydrogen) atoms. The van der Waals surface area contributed by atoms with Crippen LogP contribution in [0, 0.1) is 0 Å². The van der Waals surface area contributed by atoms with E-state index in [1.165, 1.54) is 0 Å². The fourth-order valence-electron chi connectivity index (χ4n) is 1.68. The maximum atomic E-state index is 6.03. The predicted octanol–water partition coefficient (Wildman–Crippen LogP) is 3.62. The molecular weight excluding hydrogens is 285 g/mol. The van der Waals surface area contributed by atoms with Crippen molar-refractivity contribution >= 4 is 28.8 Å². The van der Waals surface area contributed by atoms with E-state index in [0.29, 0.717) is 27.3 Å². The van der Waals surface area contributed by atoms with Gasteiger partial charge in [-0.05, 0) is 30.3 Å². The fourth-order valence-corrected chi connectivity index (χ4v) is 2.07. The Kier molecular flexibility index (Phi) is 3.27. The number of halogens is 2. The molecule has 4 nitrogen and oxygen atoms in total. The molecule has 1 aromatic carbocycles.